The van der Waals surface area contributed by atoms with Crippen molar-refractivity contribution >= 4 is 0 Å². The molecule has 0 aromatic heterocycles. The lowest BCUT2D eigenvalue weighted by atomic mass is 10.1. The van der Waals surface area contributed by atoms with E-state index in [2.05, 4.69) is 29.6 Å². The number of nitrogens with two attached hydrogens (primary N) is 1. The molecule has 0 amide bonds. The van der Waals surface area contributed by atoms with E-state index in [4.69, 9.17) is 10.5 Å². The third-order valence-corrected chi connectivity index (χ3v) is 3.27. The lowest BCUT2D eigenvalue weighted by Crippen LogP contribution is -2.41. The monoisotopic (exact) mass is 234 g/mol. The molecule has 0 radical (unpaired) electrons. The summed E-state index contributed by atoms with van der Waals surface area (Å²) >= 11 is 0. The zero-order valence-corrected chi connectivity index (χ0v) is 10.3. The van der Waals surface area contributed by atoms with Crippen molar-refractivity contribution in [3.05, 3.63) is 35.9 Å². The van der Waals surface area contributed by atoms with Crippen molar-refractivity contribution in [2.24, 2.45) is 5.73 Å². The standard InChI is InChI=1S/C14H22N2O/c15-10-13(9-12-5-2-1-3-6-12)16-11-14-7-4-8-17-14/h1-3,5-6,13-14,16H,4,7-11,15H2. The number of nitrogens with one attached hydrogen (secondary N) is 1. The van der Waals surface area contributed by atoms with Gasteiger partial charge in [-0.3, -0.25) is 0 Å². The molecule has 1 heterocycles. The van der Waals surface area contributed by atoms with E-state index in [-0.39, 0.29) is 0 Å². The molecule has 2 atom stereocenters. The maximum Gasteiger partial charge on any atom is 0.0700 e. The van der Waals surface area contributed by atoms with Crippen molar-refractivity contribution in [2.75, 3.05) is 19.7 Å². The van der Waals surface area contributed by atoms with E-state index in [9.17, 15) is 0 Å². The summed E-state index contributed by atoms with van der Waals surface area (Å²) in [4.78, 5) is 0. The molecule has 1 saturated heterocycles. The predicted octanol–water partition coefficient (Wildman–Crippen LogP) is 1.32. The third kappa shape index (κ3) is 4.11. The Morgan fingerprint density at radius 2 is 2.18 bits per heavy atom. The molecule has 3 heteroatoms. The van der Waals surface area contributed by atoms with Gasteiger partial charge in [0.05, 0.1) is 6.10 Å². The average molecular weight is 234 g/mol. The summed E-state index contributed by atoms with van der Waals surface area (Å²) in [5, 5.41) is 3.51. The Hall–Kier alpha value is -0.900. The van der Waals surface area contributed by atoms with E-state index in [1.165, 1.54) is 18.4 Å². The second-order valence-corrected chi connectivity index (χ2v) is 4.67. The SMILES string of the molecule is NCC(Cc1ccccc1)NCC1CCCO1. The van der Waals surface area contributed by atoms with Crippen LogP contribution in [-0.4, -0.2) is 31.8 Å². The quantitative estimate of drug-likeness (QED) is 0.780. The maximum absolute atomic E-state index is 5.80. The highest BCUT2D eigenvalue weighted by Crippen LogP contribution is 2.11. The van der Waals surface area contributed by atoms with Crippen molar-refractivity contribution in [1.29, 1.82) is 0 Å². The molecular weight excluding hydrogens is 212 g/mol. The summed E-state index contributed by atoms with van der Waals surface area (Å²) in [7, 11) is 0. The molecule has 3 N–H and O–H groups in total. The number of hydrogen-bond donors (Lipinski definition) is 2. The van der Waals surface area contributed by atoms with Gasteiger partial charge in [-0.05, 0) is 24.8 Å². The summed E-state index contributed by atoms with van der Waals surface area (Å²) in [6, 6.07) is 10.8. The molecule has 1 aromatic rings. The molecule has 1 aliphatic heterocycles. The summed E-state index contributed by atoms with van der Waals surface area (Å²) in [5.74, 6) is 0. The number of hydrogen-bond acceptors (Lipinski definition) is 3. The largest absolute Gasteiger partial charge is 0.377 e. The zero-order valence-electron chi connectivity index (χ0n) is 10.3. The first-order chi connectivity index (χ1) is 8.38. The minimum atomic E-state index is 0.349. The van der Waals surface area contributed by atoms with Gasteiger partial charge in [0, 0.05) is 25.7 Å². The van der Waals surface area contributed by atoms with Crippen LogP contribution >= 0.6 is 0 Å². The lowest BCUT2D eigenvalue weighted by molar-refractivity contribution is 0.107. The minimum absolute atomic E-state index is 0.349. The van der Waals surface area contributed by atoms with E-state index < -0.39 is 0 Å². The lowest BCUT2D eigenvalue weighted by Gasteiger charge is -2.19. The van der Waals surface area contributed by atoms with Crippen LogP contribution in [0.1, 0.15) is 18.4 Å². The second kappa shape index (κ2) is 6.74. The van der Waals surface area contributed by atoms with Gasteiger partial charge in [-0.2, -0.15) is 0 Å². The van der Waals surface area contributed by atoms with E-state index in [1.54, 1.807) is 0 Å². The van der Waals surface area contributed by atoms with Crippen LogP contribution in [0.15, 0.2) is 30.3 Å². The van der Waals surface area contributed by atoms with Crippen LogP contribution < -0.4 is 11.1 Å². The van der Waals surface area contributed by atoms with E-state index in [1.807, 2.05) is 6.07 Å². The summed E-state index contributed by atoms with van der Waals surface area (Å²) < 4.78 is 5.59. The van der Waals surface area contributed by atoms with Crippen LogP contribution in [0.2, 0.25) is 0 Å². The highest BCUT2D eigenvalue weighted by Gasteiger charge is 2.16. The van der Waals surface area contributed by atoms with Gasteiger partial charge in [-0.25, -0.2) is 0 Å². The van der Waals surface area contributed by atoms with Gasteiger partial charge < -0.3 is 15.8 Å². The van der Waals surface area contributed by atoms with Gasteiger partial charge in [-0.15, -0.1) is 0 Å². The van der Waals surface area contributed by atoms with E-state index in [0.717, 1.165) is 19.6 Å². The first-order valence-corrected chi connectivity index (χ1v) is 6.47. The molecule has 1 aromatic carbocycles. The van der Waals surface area contributed by atoms with Crippen molar-refractivity contribution in [3.8, 4) is 0 Å². The molecule has 17 heavy (non-hydrogen) atoms. The number of rotatable bonds is 6. The van der Waals surface area contributed by atoms with Crippen LogP contribution in [0.4, 0.5) is 0 Å². The molecule has 94 valence electrons. The van der Waals surface area contributed by atoms with Crippen LogP contribution in [0.3, 0.4) is 0 Å². The van der Waals surface area contributed by atoms with Crippen molar-refractivity contribution in [2.45, 2.75) is 31.4 Å². The number of benzene rings is 1. The van der Waals surface area contributed by atoms with Gasteiger partial charge in [-0.1, -0.05) is 30.3 Å². The fourth-order valence-corrected chi connectivity index (χ4v) is 2.24. The Balaban J connectivity index is 1.76. The molecule has 0 saturated carbocycles. The highest BCUT2D eigenvalue weighted by molar-refractivity contribution is 5.15. The molecule has 3 nitrogen and oxygen atoms in total. The smallest absolute Gasteiger partial charge is 0.0700 e. The maximum atomic E-state index is 5.80. The van der Waals surface area contributed by atoms with Crippen LogP contribution in [0.5, 0.6) is 0 Å². The van der Waals surface area contributed by atoms with Crippen molar-refractivity contribution in [3.63, 3.8) is 0 Å². The molecule has 0 spiro atoms. The Labute approximate surface area is 103 Å². The molecule has 1 fully saturated rings. The van der Waals surface area contributed by atoms with Gasteiger partial charge in [0.15, 0.2) is 0 Å². The third-order valence-electron chi connectivity index (χ3n) is 3.27. The predicted molar refractivity (Wildman–Crippen MR) is 70.0 cm³/mol. The Morgan fingerprint density at radius 1 is 1.35 bits per heavy atom. The molecule has 2 unspecified atom stereocenters. The minimum Gasteiger partial charge on any atom is -0.377 e. The van der Waals surface area contributed by atoms with Gasteiger partial charge in [0.2, 0.25) is 0 Å². The summed E-state index contributed by atoms with van der Waals surface area (Å²) in [5.41, 5.74) is 7.14. The van der Waals surface area contributed by atoms with E-state index in [0.29, 0.717) is 18.7 Å². The normalized spacial score (nSPS) is 21.6. The average Bonchev–Trinajstić information content (AvgIpc) is 2.89. The molecule has 0 bridgehead atoms. The molecule has 0 aliphatic carbocycles. The molecular formula is C14H22N2O. The summed E-state index contributed by atoms with van der Waals surface area (Å²) in [6.45, 7) is 2.51. The Morgan fingerprint density at radius 3 is 2.82 bits per heavy atom. The fourth-order valence-electron chi connectivity index (χ4n) is 2.24. The van der Waals surface area contributed by atoms with Gasteiger partial charge in [0.1, 0.15) is 0 Å². The summed E-state index contributed by atoms with van der Waals surface area (Å²) in [6.07, 6.45) is 3.75. The number of ether oxygens (including phenoxy) is 1. The Kier molecular flexibility index (Phi) is 4.98. The Bertz CT molecular complexity index is 309. The van der Waals surface area contributed by atoms with Gasteiger partial charge in [0.25, 0.3) is 0 Å². The second-order valence-electron chi connectivity index (χ2n) is 4.67. The molecule has 1 aliphatic rings. The first-order valence-electron chi connectivity index (χ1n) is 6.47. The fraction of sp³-hybridized carbons (Fsp3) is 0.571. The van der Waals surface area contributed by atoms with Crippen LogP contribution in [0, 0.1) is 0 Å². The van der Waals surface area contributed by atoms with Crippen LogP contribution in [-0.2, 0) is 11.2 Å². The van der Waals surface area contributed by atoms with Gasteiger partial charge >= 0.3 is 0 Å². The van der Waals surface area contributed by atoms with Crippen LogP contribution in [0.25, 0.3) is 0 Å². The van der Waals surface area contributed by atoms with Crippen molar-refractivity contribution < 1.29 is 4.74 Å². The molecule has 2 rings (SSSR count). The first kappa shape index (κ1) is 12.6. The highest BCUT2D eigenvalue weighted by atomic mass is 16.5. The zero-order chi connectivity index (χ0) is 11.9. The van der Waals surface area contributed by atoms with E-state index >= 15 is 0 Å². The topological polar surface area (TPSA) is 47.3 Å². The van der Waals surface area contributed by atoms with Crippen molar-refractivity contribution in [1.82, 2.24) is 5.32 Å².